The van der Waals surface area contributed by atoms with E-state index in [2.05, 4.69) is 44.0 Å². The maximum absolute atomic E-state index is 12.8. The second-order valence-electron chi connectivity index (χ2n) is 8.51. The van der Waals surface area contributed by atoms with Gasteiger partial charge in [-0.3, -0.25) is 14.5 Å². The van der Waals surface area contributed by atoms with Gasteiger partial charge in [0.25, 0.3) is 0 Å². The second-order valence-corrected chi connectivity index (χ2v) is 8.51. The monoisotopic (exact) mass is 333 g/mol. The number of carbonyl (C=O) groups excluding carboxylic acids is 2. The van der Waals surface area contributed by atoms with Crippen molar-refractivity contribution in [3.8, 4) is 0 Å². The van der Waals surface area contributed by atoms with Crippen LogP contribution in [-0.4, -0.2) is 60.4 Å². The zero-order chi connectivity index (χ0) is 17.5. The van der Waals surface area contributed by atoms with Crippen LogP contribution in [0.1, 0.15) is 40.5 Å². The maximum Gasteiger partial charge on any atom is 0.234 e. The zero-order valence-electron chi connectivity index (χ0n) is 15.5. The quantitative estimate of drug-likeness (QED) is 0.779. The molecule has 1 saturated heterocycles. The van der Waals surface area contributed by atoms with Crippen molar-refractivity contribution < 1.29 is 9.59 Å². The lowest BCUT2D eigenvalue weighted by atomic mass is 10.1. The van der Waals surface area contributed by atoms with Gasteiger partial charge in [-0.2, -0.15) is 0 Å². The number of nitrogens with zero attached hydrogens (tertiary/aromatic N) is 2. The van der Waals surface area contributed by atoms with E-state index in [0.29, 0.717) is 24.4 Å². The Balaban J connectivity index is 1.47. The van der Waals surface area contributed by atoms with Gasteiger partial charge in [-0.25, -0.2) is 0 Å². The molecule has 1 N–H and O–H groups in total. The van der Waals surface area contributed by atoms with E-state index >= 15 is 0 Å². The first-order chi connectivity index (χ1) is 11.3. The van der Waals surface area contributed by atoms with E-state index in [1.165, 1.54) is 5.57 Å². The molecule has 5 heteroatoms. The fourth-order valence-electron chi connectivity index (χ4n) is 3.85. The van der Waals surface area contributed by atoms with Crippen molar-refractivity contribution in [3.63, 3.8) is 0 Å². The predicted octanol–water partition coefficient (Wildman–Crippen LogP) is 1.65. The van der Waals surface area contributed by atoms with E-state index in [9.17, 15) is 9.59 Å². The van der Waals surface area contributed by atoms with Crippen molar-refractivity contribution in [2.75, 3.05) is 32.7 Å². The molecule has 134 valence electrons. The van der Waals surface area contributed by atoms with E-state index in [0.717, 1.165) is 39.0 Å². The lowest BCUT2D eigenvalue weighted by molar-refractivity contribution is -0.135. The first-order valence-corrected chi connectivity index (χ1v) is 9.24. The second kappa shape index (κ2) is 6.51. The number of rotatable bonds is 5. The molecule has 0 aromatic rings. The van der Waals surface area contributed by atoms with Gasteiger partial charge in [0.05, 0.1) is 12.5 Å². The molecule has 0 radical (unpaired) electrons. The number of nitrogens with one attached hydrogen (secondary N) is 1. The summed E-state index contributed by atoms with van der Waals surface area (Å²) in [4.78, 5) is 28.9. The van der Waals surface area contributed by atoms with Gasteiger partial charge < -0.3 is 10.2 Å². The lowest BCUT2D eigenvalue weighted by Gasteiger charge is -2.34. The smallest absolute Gasteiger partial charge is 0.234 e. The number of piperazine rings is 1. The van der Waals surface area contributed by atoms with Gasteiger partial charge in [0.1, 0.15) is 0 Å². The largest absolute Gasteiger partial charge is 0.352 e. The first-order valence-electron chi connectivity index (χ1n) is 9.24. The maximum atomic E-state index is 12.8. The van der Waals surface area contributed by atoms with Crippen LogP contribution in [-0.2, 0) is 9.59 Å². The van der Waals surface area contributed by atoms with Gasteiger partial charge in [0, 0.05) is 32.2 Å². The van der Waals surface area contributed by atoms with E-state index < -0.39 is 0 Å². The van der Waals surface area contributed by atoms with Crippen molar-refractivity contribution in [1.82, 2.24) is 15.1 Å². The molecular weight excluding hydrogens is 302 g/mol. The minimum atomic E-state index is 0.0790. The summed E-state index contributed by atoms with van der Waals surface area (Å²) in [5, 5.41) is 3.03. The van der Waals surface area contributed by atoms with Crippen LogP contribution in [0, 0.1) is 17.3 Å². The summed E-state index contributed by atoms with van der Waals surface area (Å²) in [5.41, 5.74) is 1.37. The Bertz CT molecular complexity index is 539. The van der Waals surface area contributed by atoms with Gasteiger partial charge >= 0.3 is 0 Å². The van der Waals surface area contributed by atoms with Gasteiger partial charge in [-0.05, 0) is 38.0 Å². The third kappa shape index (κ3) is 3.82. The highest BCUT2D eigenvalue weighted by atomic mass is 16.2. The van der Waals surface area contributed by atoms with Gasteiger partial charge in [-0.15, -0.1) is 0 Å². The molecule has 5 nitrogen and oxygen atoms in total. The number of hydrogen-bond acceptors (Lipinski definition) is 3. The predicted molar refractivity (Wildman–Crippen MR) is 94.4 cm³/mol. The molecule has 2 atom stereocenters. The third-order valence-corrected chi connectivity index (χ3v) is 5.68. The molecule has 3 fully saturated rings. The van der Waals surface area contributed by atoms with E-state index in [1.807, 2.05) is 4.90 Å². The molecule has 0 unspecified atom stereocenters. The summed E-state index contributed by atoms with van der Waals surface area (Å²) >= 11 is 0. The Morgan fingerprint density at radius 3 is 2.29 bits per heavy atom. The van der Waals surface area contributed by atoms with Crippen LogP contribution in [0.3, 0.4) is 0 Å². The Hall–Kier alpha value is -1.36. The number of hydrogen-bond donors (Lipinski definition) is 1. The summed E-state index contributed by atoms with van der Waals surface area (Å²) in [6.45, 7) is 12.1. The first kappa shape index (κ1) is 17.5. The summed E-state index contributed by atoms with van der Waals surface area (Å²) in [5.74, 6) is 0.920. The topological polar surface area (TPSA) is 52.7 Å². The number of carbonyl (C=O) groups is 2. The molecule has 0 aromatic carbocycles. The van der Waals surface area contributed by atoms with Crippen molar-refractivity contribution in [2.24, 2.45) is 17.3 Å². The minimum Gasteiger partial charge on any atom is -0.352 e. The lowest BCUT2D eigenvalue weighted by Crippen LogP contribution is -2.51. The minimum absolute atomic E-state index is 0.0790. The van der Waals surface area contributed by atoms with Crippen LogP contribution < -0.4 is 5.32 Å². The Labute approximate surface area is 145 Å². The number of allylic oxidation sites excluding steroid dienone is 2. The average molecular weight is 333 g/mol. The molecule has 3 aliphatic rings. The summed E-state index contributed by atoms with van der Waals surface area (Å²) < 4.78 is 0. The van der Waals surface area contributed by atoms with Crippen molar-refractivity contribution in [2.45, 2.75) is 46.6 Å². The number of amides is 2. The normalized spacial score (nSPS) is 29.1. The molecule has 1 heterocycles. The molecule has 2 amide bonds. The Kier molecular flexibility index (Phi) is 4.73. The van der Waals surface area contributed by atoms with Crippen LogP contribution >= 0.6 is 0 Å². The molecule has 3 rings (SSSR count). The standard InChI is InChI=1S/C19H31N3O2/c1-13(2)11-15-17(19(15,3)4)18(24)22-9-7-21(8-10-22)12-16(23)20-14-5-6-14/h11,14-15,17H,5-10,12H2,1-4H3,(H,20,23)/t15-,17+/m0/s1. The molecule has 0 spiro atoms. The SMILES string of the molecule is CC(C)=C[C@H]1[C@H](C(=O)N2CCN(CC(=O)NC3CC3)CC2)C1(C)C. The van der Waals surface area contributed by atoms with Crippen LogP contribution in [0.4, 0.5) is 0 Å². The average Bonchev–Trinajstić information content (AvgIpc) is 3.38. The molecule has 2 aliphatic carbocycles. The molecule has 24 heavy (non-hydrogen) atoms. The molecule has 2 saturated carbocycles. The fourth-order valence-corrected chi connectivity index (χ4v) is 3.85. The summed E-state index contributed by atoms with van der Waals surface area (Å²) in [6, 6.07) is 0.421. The van der Waals surface area contributed by atoms with Crippen molar-refractivity contribution in [3.05, 3.63) is 11.6 Å². The molecule has 0 aromatic heterocycles. The van der Waals surface area contributed by atoms with E-state index in [-0.39, 0.29) is 17.2 Å². The Morgan fingerprint density at radius 2 is 1.75 bits per heavy atom. The Morgan fingerprint density at radius 1 is 1.12 bits per heavy atom. The zero-order valence-corrected chi connectivity index (χ0v) is 15.5. The van der Waals surface area contributed by atoms with Gasteiger partial charge in [0.2, 0.25) is 11.8 Å². The van der Waals surface area contributed by atoms with Gasteiger partial charge in [0.15, 0.2) is 0 Å². The summed E-state index contributed by atoms with van der Waals surface area (Å²) in [6.07, 6.45) is 4.50. The van der Waals surface area contributed by atoms with E-state index in [4.69, 9.17) is 0 Å². The van der Waals surface area contributed by atoms with Crippen molar-refractivity contribution >= 4 is 11.8 Å². The highest BCUT2D eigenvalue weighted by Crippen LogP contribution is 2.60. The van der Waals surface area contributed by atoms with Crippen LogP contribution in [0.2, 0.25) is 0 Å². The van der Waals surface area contributed by atoms with Crippen molar-refractivity contribution in [1.29, 1.82) is 0 Å². The highest BCUT2D eigenvalue weighted by molar-refractivity contribution is 5.84. The highest BCUT2D eigenvalue weighted by Gasteiger charge is 2.61. The van der Waals surface area contributed by atoms with Gasteiger partial charge in [-0.1, -0.05) is 25.5 Å². The summed E-state index contributed by atoms with van der Waals surface area (Å²) in [7, 11) is 0. The van der Waals surface area contributed by atoms with Crippen LogP contribution in [0.25, 0.3) is 0 Å². The van der Waals surface area contributed by atoms with Crippen LogP contribution in [0.5, 0.6) is 0 Å². The molecule has 0 bridgehead atoms. The van der Waals surface area contributed by atoms with Crippen LogP contribution in [0.15, 0.2) is 11.6 Å². The fraction of sp³-hybridized carbons (Fsp3) is 0.789. The molecular formula is C19H31N3O2. The third-order valence-electron chi connectivity index (χ3n) is 5.68. The van der Waals surface area contributed by atoms with E-state index in [1.54, 1.807) is 0 Å². The molecule has 1 aliphatic heterocycles.